The number of nitrogens with one attached hydrogen (secondary N) is 2. The Morgan fingerprint density at radius 2 is 2.15 bits per heavy atom. The van der Waals surface area contributed by atoms with Crippen molar-refractivity contribution in [3.63, 3.8) is 0 Å². The van der Waals surface area contributed by atoms with Gasteiger partial charge in [0.1, 0.15) is 11.6 Å². The lowest BCUT2D eigenvalue weighted by molar-refractivity contribution is 0.397. The average Bonchev–Trinajstić information content (AvgIpc) is 3.32. The zero-order valence-corrected chi connectivity index (χ0v) is 19.6. The molecule has 1 saturated carbocycles. The van der Waals surface area contributed by atoms with E-state index < -0.39 is 0 Å². The van der Waals surface area contributed by atoms with Crippen molar-refractivity contribution in [2.24, 2.45) is 4.99 Å². The van der Waals surface area contributed by atoms with Crippen molar-refractivity contribution in [1.82, 2.24) is 25.4 Å². The summed E-state index contributed by atoms with van der Waals surface area (Å²) in [6, 6.07) is 8.69. The van der Waals surface area contributed by atoms with Gasteiger partial charge in [-0.1, -0.05) is 34.1 Å². The number of hydrogen-bond acceptors (Lipinski definition) is 3. The molecule has 1 unspecified atom stereocenters. The van der Waals surface area contributed by atoms with Crippen LogP contribution in [0, 0.1) is 6.92 Å². The topological polar surface area (TPSA) is 67.1 Å². The number of guanidine groups is 1. The molecule has 0 bridgehead atoms. The number of halogens is 2. The molecule has 8 heteroatoms. The van der Waals surface area contributed by atoms with Crippen LogP contribution in [0.4, 0.5) is 0 Å². The number of rotatable bonds is 4. The van der Waals surface area contributed by atoms with Crippen LogP contribution in [0.15, 0.2) is 33.7 Å². The quantitative estimate of drug-likeness (QED) is 0.350. The third kappa shape index (κ3) is 4.31. The molecule has 0 radical (unpaired) electrons. The summed E-state index contributed by atoms with van der Waals surface area (Å²) in [6.07, 6.45) is 4.56. The number of benzene rings is 1. The van der Waals surface area contributed by atoms with E-state index in [4.69, 9.17) is 0 Å². The predicted octanol–water partition coefficient (Wildman–Crippen LogP) is 3.70. The highest BCUT2D eigenvalue weighted by molar-refractivity contribution is 14.0. The Kier molecular flexibility index (Phi) is 6.45. The van der Waals surface area contributed by atoms with Crippen LogP contribution < -0.4 is 10.6 Å². The summed E-state index contributed by atoms with van der Waals surface area (Å²) in [6.45, 7) is 3.78. The van der Waals surface area contributed by atoms with Crippen molar-refractivity contribution in [2.45, 2.75) is 50.6 Å². The van der Waals surface area contributed by atoms with Crippen LogP contribution in [0.5, 0.6) is 0 Å². The van der Waals surface area contributed by atoms with Gasteiger partial charge in [0.15, 0.2) is 5.96 Å². The maximum Gasteiger partial charge on any atom is 0.191 e. The van der Waals surface area contributed by atoms with Gasteiger partial charge in [0.05, 0.1) is 6.04 Å². The molecule has 1 atom stereocenters. The Bertz CT molecular complexity index is 829. The zero-order chi connectivity index (χ0) is 18.1. The van der Waals surface area contributed by atoms with Gasteiger partial charge in [-0.05, 0) is 44.2 Å². The summed E-state index contributed by atoms with van der Waals surface area (Å²) in [7, 11) is 1.83. The van der Waals surface area contributed by atoms with E-state index in [0.717, 1.165) is 43.5 Å². The summed E-state index contributed by atoms with van der Waals surface area (Å²) < 4.78 is 3.21. The first-order valence-corrected chi connectivity index (χ1v) is 10.0. The lowest BCUT2D eigenvalue weighted by atomic mass is 9.96. The molecular weight excluding hydrogens is 519 g/mol. The lowest BCUT2D eigenvalue weighted by Gasteiger charge is -2.26. The summed E-state index contributed by atoms with van der Waals surface area (Å²) in [5.41, 5.74) is 1.59. The molecule has 0 saturated heterocycles. The van der Waals surface area contributed by atoms with Crippen molar-refractivity contribution in [2.75, 3.05) is 13.6 Å². The molecule has 2 aromatic rings. The highest BCUT2D eigenvalue weighted by Gasteiger charge is 2.45. The summed E-state index contributed by atoms with van der Waals surface area (Å²) in [5, 5.41) is 11.6. The van der Waals surface area contributed by atoms with Gasteiger partial charge < -0.3 is 10.6 Å². The first-order valence-electron chi connectivity index (χ1n) is 9.25. The van der Waals surface area contributed by atoms with Crippen molar-refractivity contribution in [3.8, 4) is 0 Å². The molecule has 1 aliphatic heterocycles. The third-order valence-corrected chi connectivity index (χ3v) is 6.10. The lowest BCUT2D eigenvalue weighted by Crippen LogP contribution is -2.44. The Morgan fingerprint density at radius 1 is 1.37 bits per heavy atom. The summed E-state index contributed by atoms with van der Waals surface area (Å²) in [5.74, 6) is 2.69. The SMILES string of the molecule is CN=C(NCC1(c2ccccc2Br)CC1)NC1CCCn2nc(C)nc21.I. The Morgan fingerprint density at radius 3 is 2.85 bits per heavy atom. The average molecular weight is 545 g/mol. The number of fused-ring (bicyclic) bond motifs is 1. The van der Waals surface area contributed by atoms with Gasteiger partial charge in [-0.15, -0.1) is 24.0 Å². The number of nitrogens with zero attached hydrogens (tertiary/aromatic N) is 4. The van der Waals surface area contributed by atoms with E-state index in [-0.39, 0.29) is 35.4 Å². The largest absolute Gasteiger partial charge is 0.356 e. The standard InChI is InChI=1S/C19H25BrN6.HI/c1-13-23-17-16(8-5-11-26(17)25-13)24-18(21-2)22-12-19(9-10-19)14-6-3-4-7-15(14)20;/h3-4,6-7,16H,5,8-12H2,1-2H3,(H2,21,22,24);1H. The van der Waals surface area contributed by atoms with Gasteiger partial charge in [-0.2, -0.15) is 5.10 Å². The fraction of sp³-hybridized carbons (Fsp3) is 0.526. The first kappa shape index (κ1) is 20.6. The van der Waals surface area contributed by atoms with Gasteiger partial charge in [0, 0.05) is 30.0 Å². The van der Waals surface area contributed by atoms with Gasteiger partial charge in [-0.3, -0.25) is 4.99 Å². The van der Waals surface area contributed by atoms with Gasteiger partial charge >= 0.3 is 0 Å². The van der Waals surface area contributed by atoms with Crippen LogP contribution in [-0.4, -0.2) is 34.3 Å². The highest BCUT2D eigenvalue weighted by Crippen LogP contribution is 2.49. The van der Waals surface area contributed by atoms with E-state index in [0.29, 0.717) is 0 Å². The zero-order valence-electron chi connectivity index (χ0n) is 15.7. The van der Waals surface area contributed by atoms with Gasteiger partial charge in [-0.25, -0.2) is 9.67 Å². The molecule has 0 amide bonds. The summed E-state index contributed by atoms with van der Waals surface area (Å²) >= 11 is 3.70. The van der Waals surface area contributed by atoms with Crippen LogP contribution in [0.25, 0.3) is 0 Å². The number of aromatic nitrogens is 3. The second-order valence-corrected chi connectivity index (χ2v) is 8.12. The molecular formula is C19H26BrIN6. The van der Waals surface area contributed by atoms with E-state index in [1.807, 2.05) is 18.7 Å². The number of aliphatic imine (C=N–C) groups is 1. The number of hydrogen-bond donors (Lipinski definition) is 2. The predicted molar refractivity (Wildman–Crippen MR) is 122 cm³/mol. The van der Waals surface area contributed by atoms with Crippen LogP contribution in [0.3, 0.4) is 0 Å². The third-order valence-electron chi connectivity index (χ3n) is 5.41. The van der Waals surface area contributed by atoms with E-state index >= 15 is 0 Å². The molecule has 4 rings (SSSR count). The smallest absolute Gasteiger partial charge is 0.191 e. The molecule has 1 aromatic carbocycles. The maximum atomic E-state index is 4.60. The Balaban J connectivity index is 0.00000210. The molecule has 2 aliphatic rings. The number of aryl methyl sites for hydroxylation is 2. The Hall–Kier alpha value is -1.16. The molecule has 1 fully saturated rings. The van der Waals surface area contributed by atoms with Crippen molar-refractivity contribution in [3.05, 3.63) is 46.0 Å². The fourth-order valence-corrected chi connectivity index (χ4v) is 4.51. The normalized spacial score (nSPS) is 20.4. The van der Waals surface area contributed by atoms with Crippen molar-refractivity contribution in [1.29, 1.82) is 0 Å². The molecule has 1 aliphatic carbocycles. The summed E-state index contributed by atoms with van der Waals surface area (Å²) in [4.78, 5) is 9.03. The van der Waals surface area contributed by atoms with Gasteiger partial charge in [0.25, 0.3) is 0 Å². The van der Waals surface area contributed by atoms with Crippen molar-refractivity contribution < 1.29 is 0 Å². The van der Waals surface area contributed by atoms with E-state index in [1.54, 1.807) is 0 Å². The van der Waals surface area contributed by atoms with Crippen LogP contribution in [0.2, 0.25) is 0 Å². The minimum atomic E-state index is 0. The maximum absolute atomic E-state index is 4.60. The fourth-order valence-electron chi connectivity index (χ4n) is 3.80. The first-order chi connectivity index (χ1) is 12.6. The highest BCUT2D eigenvalue weighted by atomic mass is 127. The van der Waals surface area contributed by atoms with E-state index in [9.17, 15) is 0 Å². The minimum absolute atomic E-state index is 0. The monoisotopic (exact) mass is 544 g/mol. The molecule has 6 nitrogen and oxygen atoms in total. The second kappa shape index (κ2) is 8.46. The van der Waals surface area contributed by atoms with Crippen LogP contribution in [0.1, 0.15) is 48.9 Å². The minimum Gasteiger partial charge on any atom is -0.356 e. The van der Waals surface area contributed by atoms with Crippen LogP contribution >= 0.6 is 39.9 Å². The molecule has 27 heavy (non-hydrogen) atoms. The van der Waals surface area contributed by atoms with Crippen molar-refractivity contribution >= 4 is 45.9 Å². The van der Waals surface area contributed by atoms with E-state index in [1.165, 1.54) is 22.9 Å². The molecule has 2 N–H and O–H groups in total. The van der Waals surface area contributed by atoms with Gasteiger partial charge in [0.2, 0.25) is 0 Å². The molecule has 0 spiro atoms. The molecule has 2 heterocycles. The molecule has 146 valence electrons. The molecule has 1 aromatic heterocycles. The van der Waals surface area contributed by atoms with E-state index in [2.05, 4.69) is 65.9 Å². The second-order valence-electron chi connectivity index (χ2n) is 7.27. The Labute approximate surface area is 185 Å². The van der Waals surface area contributed by atoms with Crippen LogP contribution in [-0.2, 0) is 12.0 Å².